The fourth-order valence-corrected chi connectivity index (χ4v) is 2.70. The third-order valence-electron chi connectivity index (χ3n) is 3.96. The molecule has 17 heavy (non-hydrogen) atoms. The molecule has 1 N–H and O–H groups in total. The zero-order valence-corrected chi connectivity index (χ0v) is 10.0. The highest BCUT2D eigenvalue weighted by Crippen LogP contribution is 2.41. The summed E-state index contributed by atoms with van der Waals surface area (Å²) in [5.41, 5.74) is -1.07. The predicted molar refractivity (Wildman–Crippen MR) is 62.5 cm³/mol. The first-order valence-corrected chi connectivity index (χ1v) is 6.23. The van der Waals surface area contributed by atoms with Gasteiger partial charge in [0.1, 0.15) is 0 Å². The summed E-state index contributed by atoms with van der Waals surface area (Å²) in [6.45, 7) is 2.12. The van der Waals surface area contributed by atoms with Crippen LogP contribution in [0, 0.1) is 17.6 Å². The second-order valence-corrected chi connectivity index (χ2v) is 4.98. The lowest BCUT2D eigenvalue weighted by molar-refractivity contribution is -0.0179. The Balaban J connectivity index is 2.24. The summed E-state index contributed by atoms with van der Waals surface area (Å²) in [5, 5.41) is 10.5. The molecular formula is C14H18F2O. The number of hydrogen-bond donors (Lipinski definition) is 1. The molecule has 1 saturated carbocycles. The molecule has 1 aliphatic rings. The van der Waals surface area contributed by atoms with Crippen molar-refractivity contribution in [1.29, 1.82) is 0 Å². The van der Waals surface area contributed by atoms with Gasteiger partial charge in [-0.2, -0.15) is 0 Å². The Morgan fingerprint density at radius 1 is 1.29 bits per heavy atom. The van der Waals surface area contributed by atoms with Crippen molar-refractivity contribution in [1.82, 2.24) is 0 Å². The lowest BCUT2D eigenvalue weighted by Crippen LogP contribution is -2.32. The third kappa shape index (κ3) is 2.34. The van der Waals surface area contributed by atoms with E-state index in [0.717, 1.165) is 25.3 Å². The fraction of sp³-hybridized carbons (Fsp3) is 0.571. The van der Waals surface area contributed by atoms with E-state index in [2.05, 4.69) is 6.92 Å². The van der Waals surface area contributed by atoms with Crippen LogP contribution in [-0.4, -0.2) is 5.11 Å². The van der Waals surface area contributed by atoms with Crippen LogP contribution in [0.3, 0.4) is 0 Å². The van der Waals surface area contributed by atoms with Gasteiger partial charge in [-0.3, -0.25) is 0 Å². The molecule has 0 aromatic heterocycles. The molecule has 0 amide bonds. The first-order valence-electron chi connectivity index (χ1n) is 6.23. The van der Waals surface area contributed by atoms with Crippen LogP contribution < -0.4 is 0 Å². The Morgan fingerprint density at radius 2 is 1.94 bits per heavy atom. The van der Waals surface area contributed by atoms with Crippen molar-refractivity contribution >= 4 is 0 Å². The van der Waals surface area contributed by atoms with E-state index in [0.29, 0.717) is 18.8 Å². The first-order chi connectivity index (χ1) is 8.07. The lowest BCUT2D eigenvalue weighted by Gasteiger charge is -2.36. The molecule has 0 saturated heterocycles. The number of halogens is 2. The molecule has 3 heteroatoms. The molecular weight excluding hydrogens is 222 g/mol. The predicted octanol–water partition coefficient (Wildman–Crippen LogP) is 3.75. The Labute approximate surface area is 100 Å². The van der Waals surface area contributed by atoms with E-state index in [1.54, 1.807) is 0 Å². The molecule has 0 radical (unpaired) electrons. The third-order valence-corrected chi connectivity index (χ3v) is 3.96. The summed E-state index contributed by atoms with van der Waals surface area (Å²) in [7, 11) is 0. The van der Waals surface area contributed by atoms with E-state index in [-0.39, 0.29) is 5.56 Å². The van der Waals surface area contributed by atoms with Crippen LogP contribution in [0.15, 0.2) is 18.2 Å². The molecule has 0 spiro atoms. The van der Waals surface area contributed by atoms with Crippen LogP contribution in [0.2, 0.25) is 0 Å². The monoisotopic (exact) mass is 240 g/mol. The van der Waals surface area contributed by atoms with E-state index in [9.17, 15) is 13.9 Å². The van der Waals surface area contributed by atoms with E-state index >= 15 is 0 Å². The second kappa shape index (κ2) is 4.73. The smallest absolute Gasteiger partial charge is 0.164 e. The van der Waals surface area contributed by atoms with Crippen molar-refractivity contribution in [2.24, 2.45) is 5.92 Å². The van der Waals surface area contributed by atoms with Gasteiger partial charge in [0, 0.05) is 5.56 Å². The zero-order chi connectivity index (χ0) is 12.5. The highest BCUT2D eigenvalue weighted by atomic mass is 19.2. The van der Waals surface area contributed by atoms with Crippen LogP contribution >= 0.6 is 0 Å². The maximum atomic E-state index is 13.7. The summed E-state index contributed by atoms with van der Waals surface area (Å²) in [4.78, 5) is 0. The summed E-state index contributed by atoms with van der Waals surface area (Å²) in [5.74, 6) is -1.18. The largest absolute Gasteiger partial charge is 0.385 e. The minimum absolute atomic E-state index is 0.118. The zero-order valence-electron chi connectivity index (χ0n) is 10.0. The average Bonchev–Trinajstić information content (AvgIpc) is 2.33. The van der Waals surface area contributed by atoms with Crippen molar-refractivity contribution in [3.8, 4) is 0 Å². The van der Waals surface area contributed by atoms with Gasteiger partial charge in [0.15, 0.2) is 11.6 Å². The number of rotatable bonds is 2. The normalized spacial score (nSPS) is 29.3. The Hall–Kier alpha value is -0.960. The molecule has 0 unspecified atom stereocenters. The molecule has 1 aromatic carbocycles. The van der Waals surface area contributed by atoms with Crippen LogP contribution in [0.25, 0.3) is 0 Å². The van der Waals surface area contributed by atoms with Crippen molar-refractivity contribution in [2.45, 2.75) is 44.6 Å². The molecule has 0 heterocycles. The van der Waals surface area contributed by atoms with Gasteiger partial charge in [-0.15, -0.1) is 0 Å². The van der Waals surface area contributed by atoms with E-state index in [1.165, 1.54) is 12.1 Å². The molecule has 1 aliphatic carbocycles. The number of aliphatic hydroxyl groups is 1. The highest BCUT2D eigenvalue weighted by molar-refractivity contribution is 5.26. The second-order valence-electron chi connectivity index (χ2n) is 4.98. The SMILES string of the molecule is CCC1CCC(O)(c2cccc(F)c2F)CC1. The highest BCUT2D eigenvalue weighted by Gasteiger charge is 2.36. The standard InChI is InChI=1S/C14H18F2O/c1-2-10-6-8-14(17,9-7-10)11-4-3-5-12(15)13(11)16/h3-5,10,17H,2,6-9H2,1H3. The van der Waals surface area contributed by atoms with E-state index < -0.39 is 17.2 Å². The van der Waals surface area contributed by atoms with E-state index in [4.69, 9.17) is 0 Å². The van der Waals surface area contributed by atoms with Gasteiger partial charge in [0.2, 0.25) is 0 Å². The molecule has 1 aromatic rings. The van der Waals surface area contributed by atoms with Gasteiger partial charge in [0.05, 0.1) is 5.60 Å². The van der Waals surface area contributed by atoms with Crippen LogP contribution in [0.1, 0.15) is 44.6 Å². The summed E-state index contributed by atoms with van der Waals surface area (Å²) >= 11 is 0. The molecule has 0 bridgehead atoms. The van der Waals surface area contributed by atoms with Gasteiger partial charge in [-0.05, 0) is 37.7 Å². The Kier molecular flexibility index (Phi) is 3.48. The topological polar surface area (TPSA) is 20.2 Å². The van der Waals surface area contributed by atoms with Crippen molar-refractivity contribution in [2.75, 3.05) is 0 Å². The Bertz CT molecular complexity index is 395. The maximum absolute atomic E-state index is 13.7. The molecule has 94 valence electrons. The van der Waals surface area contributed by atoms with Gasteiger partial charge >= 0.3 is 0 Å². The summed E-state index contributed by atoms with van der Waals surface area (Å²) < 4.78 is 26.8. The van der Waals surface area contributed by atoms with Crippen LogP contribution in [0.5, 0.6) is 0 Å². The molecule has 2 rings (SSSR count). The van der Waals surface area contributed by atoms with Gasteiger partial charge < -0.3 is 5.11 Å². The van der Waals surface area contributed by atoms with Gasteiger partial charge in [0.25, 0.3) is 0 Å². The fourth-order valence-electron chi connectivity index (χ4n) is 2.70. The van der Waals surface area contributed by atoms with Crippen LogP contribution in [-0.2, 0) is 5.60 Å². The quantitative estimate of drug-likeness (QED) is 0.834. The molecule has 0 atom stereocenters. The summed E-state index contributed by atoms with van der Waals surface area (Å²) in [6, 6.07) is 4.03. The first kappa shape index (κ1) is 12.5. The van der Waals surface area contributed by atoms with Gasteiger partial charge in [-0.25, -0.2) is 8.78 Å². The lowest BCUT2D eigenvalue weighted by atomic mass is 9.74. The van der Waals surface area contributed by atoms with Gasteiger partial charge in [-0.1, -0.05) is 25.5 Å². The average molecular weight is 240 g/mol. The number of benzene rings is 1. The molecule has 1 fully saturated rings. The maximum Gasteiger partial charge on any atom is 0.164 e. The minimum atomic E-state index is -1.18. The molecule has 0 aliphatic heterocycles. The number of hydrogen-bond acceptors (Lipinski definition) is 1. The minimum Gasteiger partial charge on any atom is -0.385 e. The van der Waals surface area contributed by atoms with Crippen LogP contribution in [0.4, 0.5) is 8.78 Å². The van der Waals surface area contributed by atoms with Crippen molar-refractivity contribution in [3.05, 3.63) is 35.4 Å². The van der Waals surface area contributed by atoms with E-state index in [1.807, 2.05) is 0 Å². The Morgan fingerprint density at radius 3 is 2.53 bits per heavy atom. The van der Waals surface area contributed by atoms with Crippen molar-refractivity contribution in [3.63, 3.8) is 0 Å². The van der Waals surface area contributed by atoms with Crippen molar-refractivity contribution < 1.29 is 13.9 Å². The summed E-state index contributed by atoms with van der Waals surface area (Å²) in [6.07, 6.45) is 3.88. The molecule has 1 nitrogen and oxygen atoms in total.